The van der Waals surface area contributed by atoms with Gasteiger partial charge in [-0.2, -0.15) is 0 Å². The monoisotopic (exact) mass is 494 g/mol. The van der Waals surface area contributed by atoms with E-state index < -0.39 is 22.8 Å². The molecule has 0 bridgehead atoms. The minimum atomic E-state index is -1.01. The van der Waals surface area contributed by atoms with Gasteiger partial charge in [-0.05, 0) is 69.9 Å². The van der Waals surface area contributed by atoms with Gasteiger partial charge in [0.15, 0.2) is 5.60 Å². The van der Waals surface area contributed by atoms with Gasteiger partial charge in [-0.25, -0.2) is 9.59 Å². The predicted octanol–water partition coefficient (Wildman–Crippen LogP) is 3.40. The highest BCUT2D eigenvalue weighted by Crippen LogP contribution is 2.47. The first-order chi connectivity index (χ1) is 17.1. The van der Waals surface area contributed by atoms with Crippen molar-refractivity contribution in [2.24, 2.45) is 5.73 Å². The zero-order valence-corrected chi connectivity index (χ0v) is 21.3. The SMILES string of the molecule is CC=C(C)C(=O)OC(C)(C)C1(CC2=CCNC(N)=C2)Cc2cc3cc(CCCO)c(=O)oc3cc2O1. The number of hydrogen-bond donors (Lipinski definition) is 3. The maximum Gasteiger partial charge on any atom is 0.339 e. The molecule has 0 fully saturated rings. The summed E-state index contributed by atoms with van der Waals surface area (Å²) in [5.74, 6) is 0.758. The average Bonchev–Trinajstić information content (AvgIpc) is 3.19. The van der Waals surface area contributed by atoms with Crippen molar-refractivity contribution in [1.82, 2.24) is 5.32 Å². The van der Waals surface area contributed by atoms with Crippen LogP contribution in [-0.2, 0) is 22.4 Å². The first kappa shape index (κ1) is 25.6. The molecule has 4 N–H and O–H groups in total. The van der Waals surface area contributed by atoms with E-state index in [-0.39, 0.29) is 6.61 Å². The molecule has 0 amide bonds. The van der Waals surface area contributed by atoms with Crippen LogP contribution in [0.2, 0.25) is 0 Å². The summed E-state index contributed by atoms with van der Waals surface area (Å²) in [5.41, 5.74) is 7.05. The Balaban J connectivity index is 1.76. The Morgan fingerprint density at radius 1 is 1.33 bits per heavy atom. The molecule has 0 aliphatic carbocycles. The second kappa shape index (κ2) is 9.85. The lowest BCUT2D eigenvalue weighted by Gasteiger charge is -2.43. The Morgan fingerprint density at radius 2 is 2.11 bits per heavy atom. The maximum atomic E-state index is 12.8. The molecule has 3 heterocycles. The first-order valence-electron chi connectivity index (χ1n) is 12.2. The third kappa shape index (κ3) is 4.91. The van der Waals surface area contributed by atoms with Crippen LogP contribution in [0.5, 0.6) is 5.75 Å². The normalized spacial score (nSPS) is 19.8. The summed E-state index contributed by atoms with van der Waals surface area (Å²) in [6.07, 6.45) is 7.50. The van der Waals surface area contributed by atoms with E-state index in [4.69, 9.17) is 24.7 Å². The van der Waals surface area contributed by atoms with E-state index in [2.05, 4.69) is 5.32 Å². The van der Waals surface area contributed by atoms with Gasteiger partial charge in [0.25, 0.3) is 0 Å². The Labute approximate surface area is 210 Å². The summed E-state index contributed by atoms with van der Waals surface area (Å²) in [7, 11) is 0. The van der Waals surface area contributed by atoms with Crippen molar-refractivity contribution in [3.05, 3.63) is 74.9 Å². The van der Waals surface area contributed by atoms with Gasteiger partial charge in [-0.1, -0.05) is 12.2 Å². The maximum absolute atomic E-state index is 12.8. The van der Waals surface area contributed by atoms with Gasteiger partial charge in [0.05, 0.1) is 5.82 Å². The van der Waals surface area contributed by atoms with Gasteiger partial charge in [-0.15, -0.1) is 0 Å². The summed E-state index contributed by atoms with van der Waals surface area (Å²) in [5, 5.41) is 13.0. The molecule has 1 aromatic carbocycles. The Morgan fingerprint density at radius 3 is 2.81 bits per heavy atom. The van der Waals surface area contributed by atoms with E-state index in [1.807, 2.05) is 38.1 Å². The fourth-order valence-corrected chi connectivity index (χ4v) is 4.70. The molecule has 2 aliphatic heterocycles. The van der Waals surface area contributed by atoms with Gasteiger partial charge in [-0.3, -0.25) is 0 Å². The van der Waals surface area contributed by atoms with Crippen LogP contribution in [0.15, 0.2) is 62.6 Å². The number of carbonyl (C=O) groups is 1. The topological polar surface area (TPSA) is 124 Å². The number of hydrogen-bond acceptors (Lipinski definition) is 8. The van der Waals surface area contributed by atoms with Crippen LogP contribution in [0.1, 0.15) is 51.7 Å². The highest BCUT2D eigenvalue weighted by molar-refractivity contribution is 5.88. The molecule has 0 saturated heterocycles. The quantitative estimate of drug-likeness (QED) is 0.290. The first-order valence-corrected chi connectivity index (χ1v) is 12.2. The second-order valence-electron chi connectivity index (χ2n) is 9.97. The van der Waals surface area contributed by atoms with Crippen LogP contribution in [0.3, 0.4) is 0 Å². The number of carbonyl (C=O) groups excluding carboxylic acids is 1. The Hall–Kier alpha value is -3.52. The minimum absolute atomic E-state index is 0.00283. The fourth-order valence-electron chi connectivity index (χ4n) is 4.70. The minimum Gasteiger partial charge on any atom is -0.482 e. The molecule has 36 heavy (non-hydrogen) atoms. The van der Waals surface area contributed by atoms with Gasteiger partial charge >= 0.3 is 11.6 Å². The standard InChI is InChI=1S/C28H34N2O6/c1-5-17(2)25(32)36-27(3,4)28(15-18-8-9-30-24(29)11-18)16-21-13-20-12-19(7-6-10-31)26(33)34-22(20)14-23(21)35-28/h5,8,11-14,30-31H,6-7,9-10,15-16,29H2,1-4H3. The number of nitrogens with two attached hydrogens (primary N) is 1. The summed E-state index contributed by atoms with van der Waals surface area (Å²) in [6.45, 7) is 7.84. The molecule has 8 nitrogen and oxygen atoms in total. The number of nitrogens with one attached hydrogen (secondary N) is 1. The Bertz CT molecular complexity index is 1330. The lowest BCUT2D eigenvalue weighted by Crippen LogP contribution is -2.56. The van der Waals surface area contributed by atoms with E-state index in [1.165, 1.54) is 0 Å². The highest BCUT2D eigenvalue weighted by atomic mass is 16.6. The number of benzene rings is 1. The number of aliphatic hydroxyl groups is 1. The Kier molecular flexibility index (Phi) is 7.00. The van der Waals surface area contributed by atoms with Crippen molar-refractivity contribution in [2.45, 2.75) is 64.6 Å². The number of ether oxygens (including phenoxy) is 2. The van der Waals surface area contributed by atoms with Gasteiger partial charge < -0.3 is 30.0 Å². The summed E-state index contributed by atoms with van der Waals surface area (Å²) >= 11 is 0. The van der Waals surface area contributed by atoms with Crippen LogP contribution in [0.4, 0.5) is 0 Å². The highest BCUT2D eigenvalue weighted by Gasteiger charge is 2.54. The van der Waals surface area contributed by atoms with Gasteiger partial charge in [0.1, 0.15) is 16.9 Å². The van der Waals surface area contributed by atoms with E-state index in [1.54, 1.807) is 26.0 Å². The van der Waals surface area contributed by atoms with Crippen molar-refractivity contribution < 1.29 is 23.8 Å². The number of fused-ring (bicyclic) bond motifs is 2. The van der Waals surface area contributed by atoms with Crippen molar-refractivity contribution >= 4 is 16.9 Å². The predicted molar refractivity (Wildman–Crippen MR) is 138 cm³/mol. The number of dihydropyridines is 1. The molecule has 0 radical (unpaired) electrons. The molecular weight excluding hydrogens is 460 g/mol. The van der Waals surface area contributed by atoms with Gasteiger partial charge in [0.2, 0.25) is 0 Å². The third-order valence-electron chi connectivity index (χ3n) is 7.07. The van der Waals surface area contributed by atoms with Crippen LogP contribution >= 0.6 is 0 Å². The van der Waals surface area contributed by atoms with Crippen molar-refractivity contribution in [3.63, 3.8) is 0 Å². The smallest absolute Gasteiger partial charge is 0.339 e. The van der Waals surface area contributed by atoms with Crippen LogP contribution < -0.4 is 21.4 Å². The van der Waals surface area contributed by atoms with E-state index in [0.29, 0.717) is 60.5 Å². The summed E-state index contributed by atoms with van der Waals surface area (Å²) in [6, 6.07) is 5.52. The molecule has 4 rings (SSSR count). The molecule has 1 atom stereocenters. The summed E-state index contributed by atoms with van der Waals surface area (Å²) in [4.78, 5) is 25.2. The zero-order chi connectivity index (χ0) is 26.1. The van der Waals surface area contributed by atoms with Crippen molar-refractivity contribution in [2.75, 3.05) is 13.2 Å². The number of aliphatic hydroxyl groups excluding tert-OH is 1. The largest absolute Gasteiger partial charge is 0.482 e. The zero-order valence-electron chi connectivity index (χ0n) is 21.3. The van der Waals surface area contributed by atoms with E-state index in [0.717, 1.165) is 16.5 Å². The number of allylic oxidation sites excluding steroid dienone is 2. The lowest BCUT2D eigenvalue weighted by molar-refractivity contribution is -0.174. The molecule has 1 aromatic heterocycles. The number of aryl methyl sites for hydroxylation is 1. The number of rotatable bonds is 8. The van der Waals surface area contributed by atoms with Gasteiger partial charge in [0, 0.05) is 48.6 Å². The molecule has 0 spiro atoms. The fraction of sp³-hybridized carbons (Fsp3) is 0.429. The van der Waals surface area contributed by atoms with Crippen LogP contribution in [-0.4, -0.2) is 35.4 Å². The molecule has 2 aliphatic rings. The molecule has 8 heteroatoms. The van der Waals surface area contributed by atoms with Crippen molar-refractivity contribution in [3.8, 4) is 5.75 Å². The molecule has 0 saturated carbocycles. The average molecular weight is 495 g/mol. The van der Waals surface area contributed by atoms with Crippen LogP contribution in [0.25, 0.3) is 11.0 Å². The second-order valence-corrected chi connectivity index (χ2v) is 9.97. The number of esters is 1. The lowest BCUT2D eigenvalue weighted by atomic mass is 9.77. The van der Waals surface area contributed by atoms with Crippen molar-refractivity contribution in [1.29, 1.82) is 0 Å². The summed E-state index contributed by atoms with van der Waals surface area (Å²) < 4.78 is 18.3. The molecule has 192 valence electrons. The third-order valence-corrected chi connectivity index (χ3v) is 7.07. The van der Waals surface area contributed by atoms with E-state index in [9.17, 15) is 9.59 Å². The van der Waals surface area contributed by atoms with Crippen LogP contribution in [0, 0.1) is 0 Å². The molecule has 2 aromatic rings. The van der Waals surface area contributed by atoms with E-state index >= 15 is 0 Å². The molecular formula is C28H34N2O6. The molecule has 1 unspecified atom stereocenters.